The number of amides is 1. The Balaban J connectivity index is 2.39. The summed E-state index contributed by atoms with van der Waals surface area (Å²) in [6.07, 6.45) is 4.95. The number of hydrogen-bond acceptors (Lipinski definition) is 3. The Morgan fingerprint density at radius 1 is 1.14 bits per heavy atom. The van der Waals surface area contributed by atoms with E-state index in [0.29, 0.717) is 17.9 Å². The Morgan fingerprint density at radius 2 is 1.91 bits per heavy atom. The highest BCUT2D eigenvalue weighted by molar-refractivity contribution is 6.00. The molecule has 0 unspecified atom stereocenters. The first kappa shape index (κ1) is 18.2. The van der Waals surface area contributed by atoms with E-state index in [-0.39, 0.29) is 24.5 Å². The third-order valence-electron chi connectivity index (χ3n) is 3.59. The van der Waals surface area contributed by atoms with Crippen molar-refractivity contribution in [2.75, 3.05) is 13.7 Å². The van der Waals surface area contributed by atoms with Crippen LogP contribution in [-0.4, -0.2) is 25.3 Å². The third-order valence-corrected chi connectivity index (χ3v) is 3.59. The first-order chi connectivity index (χ1) is 10.6. The number of Topliss-reactive ketones (excluding diaryl/α,β-unsaturated/α-hetero) is 1. The Labute approximate surface area is 133 Å². The molecule has 0 atom stereocenters. The van der Waals surface area contributed by atoms with Gasteiger partial charge in [-0.25, -0.2) is 0 Å². The minimum Gasteiger partial charge on any atom is -0.496 e. The number of rotatable bonds is 10. The molecule has 122 valence electrons. The van der Waals surface area contributed by atoms with Crippen LogP contribution in [0.5, 0.6) is 5.75 Å². The van der Waals surface area contributed by atoms with Crippen LogP contribution in [0.4, 0.5) is 0 Å². The maximum Gasteiger partial charge on any atom is 0.220 e. The zero-order valence-electron chi connectivity index (χ0n) is 13.9. The standard InChI is InChI=1S/C18H27NO3/c1-4-5-6-7-12-19-18(21)11-9-16(20)15-13-14(2)8-10-17(15)22-3/h8,10,13H,4-7,9,11-12H2,1-3H3,(H,19,21). The average molecular weight is 305 g/mol. The van der Waals surface area contributed by atoms with E-state index in [9.17, 15) is 9.59 Å². The van der Waals surface area contributed by atoms with Gasteiger partial charge in [-0.1, -0.05) is 37.8 Å². The van der Waals surface area contributed by atoms with E-state index in [4.69, 9.17) is 4.74 Å². The van der Waals surface area contributed by atoms with Crippen LogP contribution in [0.25, 0.3) is 0 Å². The summed E-state index contributed by atoms with van der Waals surface area (Å²) in [5.74, 6) is 0.453. The minimum atomic E-state index is -0.0588. The highest BCUT2D eigenvalue weighted by atomic mass is 16.5. The highest BCUT2D eigenvalue weighted by Gasteiger charge is 2.14. The fourth-order valence-corrected chi connectivity index (χ4v) is 2.27. The Bertz CT molecular complexity index is 497. The van der Waals surface area contributed by atoms with E-state index < -0.39 is 0 Å². The number of benzene rings is 1. The Morgan fingerprint density at radius 3 is 2.59 bits per heavy atom. The summed E-state index contributed by atoms with van der Waals surface area (Å²) in [6.45, 7) is 4.78. The number of unbranched alkanes of at least 4 members (excludes halogenated alkanes) is 3. The second-order valence-electron chi connectivity index (χ2n) is 5.54. The van der Waals surface area contributed by atoms with Gasteiger partial charge in [0.1, 0.15) is 5.75 Å². The number of hydrogen-bond donors (Lipinski definition) is 1. The molecule has 0 aliphatic carbocycles. The molecule has 0 aromatic heterocycles. The lowest BCUT2D eigenvalue weighted by atomic mass is 10.0. The van der Waals surface area contributed by atoms with E-state index in [1.165, 1.54) is 12.8 Å². The van der Waals surface area contributed by atoms with Gasteiger partial charge in [0, 0.05) is 19.4 Å². The minimum absolute atomic E-state index is 0.0540. The van der Waals surface area contributed by atoms with Gasteiger partial charge in [-0.05, 0) is 25.5 Å². The van der Waals surface area contributed by atoms with Gasteiger partial charge in [0.25, 0.3) is 0 Å². The first-order valence-corrected chi connectivity index (χ1v) is 8.03. The molecule has 0 saturated carbocycles. The van der Waals surface area contributed by atoms with Gasteiger partial charge < -0.3 is 10.1 Å². The molecule has 0 bridgehead atoms. The van der Waals surface area contributed by atoms with Crippen molar-refractivity contribution >= 4 is 11.7 Å². The topological polar surface area (TPSA) is 55.4 Å². The molecule has 0 radical (unpaired) electrons. The van der Waals surface area contributed by atoms with E-state index >= 15 is 0 Å². The summed E-state index contributed by atoms with van der Waals surface area (Å²) < 4.78 is 5.21. The normalized spacial score (nSPS) is 10.3. The molecule has 0 aliphatic heterocycles. The number of ether oxygens (including phenoxy) is 1. The van der Waals surface area contributed by atoms with Crippen molar-refractivity contribution in [3.05, 3.63) is 29.3 Å². The summed E-state index contributed by atoms with van der Waals surface area (Å²) in [6, 6.07) is 5.50. The van der Waals surface area contributed by atoms with Gasteiger partial charge in [-0.2, -0.15) is 0 Å². The van der Waals surface area contributed by atoms with Crippen molar-refractivity contribution < 1.29 is 14.3 Å². The predicted octanol–water partition coefficient (Wildman–Crippen LogP) is 3.66. The van der Waals surface area contributed by atoms with Crippen molar-refractivity contribution in [2.45, 2.75) is 52.4 Å². The van der Waals surface area contributed by atoms with Crippen molar-refractivity contribution in [3.8, 4) is 5.75 Å². The van der Waals surface area contributed by atoms with Crippen LogP contribution in [0.1, 0.15) is 61.4 Å². The van der Waals surface area contributed by atoms with Gasteiger partial charge in [0.05, 0.1) is 12.7 Å². The molecule has 0 fully saturated rings. The Hall–Kier alpha value is -1.84. The van der Waals surface area contributed by atoms with Crippen molar-refractivity contribution in [3.63, 3.8) is 0 Å². The summed E-state index contributed by atoms with van der Waals surface area (Å²) in [7, 11) is 1.55. The number of ketones is 1. The SMILES string of the molecule is CCCCCCNC(=O)CCC(=O)c1cc(C)ccc1OC. The maximum absolute atomic E-state index is 12.2. The van der Waals surface area contributed by atoms with Crippen LogP contribution in [0, 0.1) is 6.92 Å². The number of carbonyl (C=O) groups excluding carboxylic acids is 2. The quantitative estimate of drug-likeness (QED) is 0.530. The fraction of sp³-hybridized carbons (Fsp3) is 0.556. The van der Waals surface area contributed by atoms with Crippen LogP contribution >= 0.6 is 0 Å². The van der Waals surface area contributed by atoms with Gasteiger partial charge in [-0.15, -0.1) is 0 Å². The number of methoxy groups -OCH3 is 1. The van der Waals surface area contributed by atoms with Crippen LogP contribution < -0.4 is 10.1 Å². The molecule has 1 amide bonds. The monoisotopic (exact) mass is 305 g/mol. The molecule has 0 heterocycles. The van der Waals surface area contributed by atoms with Gasteiger partial charge in [-0.3, -0.25) is 9.59 Å². The fourth-order valence-electron chi connectivity index (χ4n) is 2.27. The lowest BCUT2D eigenvalue weighted by Gasteiger charge is -2.09. The van der Waals surface area contributed by atoms with Crippen LogP contribution in [0.2, 0.25) is 0 Å². The van der Waals surface area contributed by atoms with Crippen molar-refractivity contribution in [2.24, 2.45) is 0 Å². The summed E-state index contributed by atoms with van der Waals surface area (Å²) in [4.78, 5) is 24.0. The molecular formula is C18H27NO3. The molecule has 22 heavy (non-hydrogen) atoms. The van der Waals surface area contributed by atoms with Crippen LogP contribution in [0.15, 0.2) is 18.2 Å². The summed E-state index contributed by atoms with van der Waals surface area (Å²) >= 11 is 0. The maximum atomic E-state index is 12.2. The Kier molecular flexibility index (Phi) is 8.26. The van der Waals surface area contributed by atoms with E-state index in [0.717, 1.165) is 18.4 Å². The zero-order chi connectivity index (χ0) is 16.4. The molecule has 0 spiro atoms. The molecule has 4 nitrogen and oxygen atoms in total. The summed E-state index contributed by atoms with van der Waals surface area (Å²) in [5.41, 5.74) is 1.56. The average Bonchev–Trinajstić information content (AvgIpc) is 2.52. The number of nitrogens with one attached hydrogen (secondary N) is 1. The van der Waals surface area contributed by atoms with Gasteiger partial charge >= 0.3 is 0 Å². The summed E-state index contributed by atoms with van der Waals surface area (Å²) in [5, 5.41) is 2.87. The van der Waals surface area contributed by atoms with E-state index in [1.807, 2.05) is 19.1 Å². The molecule has 1 N–H and O–H groups in total. The van der Waals surface area contributed by atoms with E-state index in [1.54, 1.807) is 13.2 Å². The van der Waals surface area contributed by atoms with Gasteiger partial charge in [0.2, 0.25) is 5.91 Å². The van der Waals surface area contributed by atoms with Gasteiger partial charge in [0.15, 0.2) is 5.78 Å². The molecule has 1 aromatic rings. The van der Waals surface area contributed by atoms with E-state index in [2.05, 4.69) is 12.2 Å². The van der Waals surface area contributed by atoms with Crippen molar-refractivity contribution in [1.82, 2.24) is 5.32 Å². The smallest absolute Gasteiger partial charge is 0.220 e. The zero-order valence-corrected chi connectivity index (χ0v) is 13.9. The third kappa shape index (κ3) is 6.29. The van der Waals surface area contributed by atoms with Crippen LogP contribution in [-0.2, 0) is 4.79 Å². The number of aryl methyl sites for hydroxylation is 1. The highest BCUT2D eigenvalue weighted by Crippen LogP contribution is 2.21. The largest absolute Gasteiger partial charge is 0.496 e. The molecule has 1 rings (SSSR count). The lowest BCUT2D eigenvalue weighted by Crippen LogP contribution is -2.24. The molecule has 0 saturated heterocycles. The van der Waals surface area contributed by atoms with Crippen molar-refractivity contribution in [1.29, 1.82) is 0 Å². The lowest BCUT2D eigenvalue weighted by molar-refractivity contribution is -0.121. The number of carbonyl (C=O) groups is 2. The second-order valence-corrected chi connectivity index (χ2v) is 5.54. The molecule has 0 aliphatic rings. The molecule has 1 aromatic carbocycles. The first-order valence-electron chi connectivity index (χ1n) is 8.03. The second kappa shape index (κ2) is 9.98. The molecular weight excluding hydrogens is 278 g/mol. The van der Waals surface area contributed by atoms with Crippen LogP contribution in [0.3, 0.4) is 0 Å². The molecule has 4 heteroatoms. The predicted molar refractivity (Wildman–Crippen MR) is 88.4 cm³/mol.